The zero-order valence-corrected chi connectivity index (χ0v) is 12.5. The molecule has 2 nitrogen and oxygen atoms in total. The van der Waals surface area contributed by atoms with Gasteiger partial charge in [-0.25, -0.2) is 0 Å². The molecule has 2 aromatic rings. The highest BCUT2D eigenvalue weighted by Crippen LogP contribution is 2.27. The van der Waals surface area contributed by atoms with Gasteiger partial charge in [0, 0.05) is 23.2 Å². The molecule has 0 aliphatic rings. The summed E-state index contributed by atoms with van der Waals surface area (Å²) < 4.78 is 0. The maximum atomic E-state index is 6.03. The Balaban J connectivity index is 2.07. The minimum absolute atomic E-state index is 0.205. The molecule has 18 heavy (non-hydrogen) atoms. The molecule has 0 bridgehead atoms. The molecule has 2 unspecified atom stereocenters. The summed E-state index contributed by atoms with van der Waals surface area (Å²) in [7, 11) is 0. The smallest absolute Gasteiger partial charge is 0.0794 e. The number of nitrogens with one attached hydrogen (secondary N) is 1. The van der Waals surface area contributed by atoms with Crippen molar-refractivity contribution in [2.75, 3.05) is 0 Å². The number of hydrogen-bond acceptors (Lipinski definition) is 3. The molecule has 0 aliphatic carbocycles. The normalized spacial score (nSPS) is 14.4. The number of halogens is 2. The van der Waals surface area contributed by atoms with Crippen LogP contribution in [0.2, 0.25) is 10.0 Å². The fourth-order valence-electron chi connectivity index (χ4n) is 1.77. The quantitative estimate of drug-likeness (QED) is 0.872. The van der Waals surface area contributed by atoms with Gasteiger partial charge in [0.25, 0.3) is 0 Å². The number of rotatable bonds is 4. The second kappa shape index (κ2) is 6.02. The maximum absolute atomic E-state index is 6.03. The zero-order valence-electron chi connectivity index (χ0n) is 10.2. The van der Waals surface area contributed by atoms with Crippen molar-refractivity contribution in [3.05, 3.63) is 50.4 Å². The van der Waals surface area contributed by atoms with Gasteiger partial charge in [0.1, 0.15) is 0 Å². The molecular formula is C13H14Cl2N2S. The predicted molar refractivity (Wildman–Crippen MR) is 78.5 cm³/mol. The molecule has 1 N–H and O–H groups in total. The largest absolute Gasteiger partial charge is 0.303 e. The van der Waals surface area contributed by atoms with Crippen molar-refractivity contribution in [3.8, 4) is 0 Å². The second-order valence-corrected chi connectivity index (χ2v) is 5.92. The molecule has 0 saturated carbocycles. The molecule has 0 fully saturated rings. The van der Waals surface area contributed by atoms with Crippen LogP contribution in [0.5, 0.6) is 0 Å². The van der Waals surface area contributed by atoms with Crippen LogP contribution in [0.1, 0.15) is 36.4 Å². The summed E-state index contributed by atoms with van der Waals surface area (Å²) in [4.78, 5) is 5.31. The third kappa shape index (κ3) is 3.23. The Kier molecular flexibility index (Phi) is 4.62. The van der Waals surface area contributed by atoms with Crippen molar-refractivity contribution in [3.63, 3.8) is 0 Å². The van der Waals surface area contributed by atoms with Crippen LogP contribution in [0, 0.1) is 0 Å². The fraction of sp³-hybridized carbons (Fsp3) is 0.308. The summed E-state index contributed by atoms with van der Waals surface area (Å²) in [6.45, 7) is 4.23. The number of thiazole rings is 1. The van der Waals surface area contributed by atoms with E-state index in [1.54, 1.807) is 11.3 Å². The minimum Gasteiger partial charge on any atom is -0.303 e. The Morgan fingerprint density at radius 3 is 2.56 bits per heavy atom. The van der Waals surface area contributed by atoms with Gasteiger partial charge in [-0.15, -0.1) is 11.3 Å². The highest BCUT2D eigenvalue weighted by Gasteiger charge is 2.13. The summed E-state index contributed by atoms with van der Waals surface area (Å²) in [5, 5.41) is 4.69. The van der Waals surface area contributed by atoms with Crippen molar-refractivity contribution >= 4 is 34.5 Å². The number of nitrogens with zero attached hydrogens (tertiary/aromatic N) is 1. The zero-order chi connectivity index (χ0) is 13.1. The molecule has 0 saturated heterocycles. The number of hydrogen-bond donors (Lipinski definition) is 1. The Morgan fingerprint density at radius 2 is 1.94 bits per heavy atom. The van der Waals surface area contributed by atoms with Crippen LogP contribution < -0.4 is 5.32 Å². The third-order valence-corrected chi connectivity index (χ3v) is 4.52. The first kappa shape index (κ1) is 13.8. The van der Waals surface area contributed by atoms with Gasteiger partial charge in [0.2, 0.25) is 0 Å². The van der Waals surface area contributed by atoms with Crippen molar-refractivity contribution < 1.29 is 0 Å². The van der Waals surface area contributed by atoms with Crippen LogP contribution >= 0.6 is 34.5 Å². The first-order valence-corrected chi connectivity index (χ1v) is 7.31. The molecule has 1 aromatic heterocycles. The van der Waals surface area contributed by atoms with E-state index in [1.165, 1.54) is 4.88 Å². The van der Waals surface area contributed by atoms with Gasteiger partial charge in [-0.2, -0.15) is 0 Å². The fourth-order valence-corrected chi connectivity index (χ4v) is 2.72. The SMILES string of the molecule is CC(NC(C)c1cncs1)c1ccc(Cl)c(Cl)c1. The van der Waals surface area contributed by atoms with E-state index in [1.807, 2.05) is 29.9 Å². The van der Waals surface area contributed by atoms with Crippen LogP contribution in [-0.2, 0) is 0 Å². The van der Waals surface area contributed by atoms with E-state index in [-0.39, 0.29) is 12.1 Å². The molecule has 2 atom stereocenters. The summed E-state index contributed by atoms with van der Waals surface area (Å²) >= 11 is 13.6. The second-order valence-electron chi connectivity index (χ2n) is 4.19. The van der Waals surface area contributed by atoms with Crippen molar-refractivity contribution in [2.45, 2.75) is 25.9 Å². The average Bonchev–Trinajstić information content (AvgIpc) is 2.86. The molecule has 0 aliphatic heterocycles. The van der Waals surface area contributed by atoms with E-state index in [4.69, 9.17) is 23.2 Å². The predicted octanol–water partition coefficient (Wildman–Crippen LogP) is 4.86. The minimum atomic E-state index is 0.205. The van der Waals surface area contributed by atoms with E-state index in [2.05, 4.69) is 24.1 Å². The van der Waals surface area contributed by atoms with Crippen LogP contribution in [0.4, 0.5) is 0 Å². The third-order valence-electron chi connectivity index (χ3n) is 2.82. The lowest BCUT2D eigenvalue weighted by Crippen LogP contribution is -2.21. The van der Waals surface area contributed by atoms with Crippen LogP contribution in [0.25, 0.3) is 0 Å². The summed E-state index contributed by atoms with van der Waals surface area (Å²) in [6, 6.07) is 6.19. The van der Waals surface area contributed by atoms with E-state index in [9.17, 15) is 0 Å². The van der Waals surface area contributed by atoms with Gasteiger partial charge in [-0.05, 0) is 31.5 Å². The summed E-state index contributed by atoms with van der Waals surface area (Å²) in [6.07, 6.45) is 1.89. The highest BCUT2D eigenvalue weighted by molar-refractivity contribution is 7.09. The molecule has 96 valence electrons. The molecule has 0 spiro atoms. The van der Waals surface area contributed by atoms with Crippen molar-refractivity contribution in [2.24, 2.45) is 0 Å². The van der Waals surface area contributed by atoms with E-state index in [0.29, 0.717) is 10.0 Å². The van der Waals surface area contributed by atoms with Gasteiger partial charge in [-0.3, -0.25) is 4.98 Å². The Labute approximate surface area is 121 Å². The molecule has 0 radical (unpaired) electrons. The van der Waals surface area contributed by atoms with Gasteiger partial charge in [0.15, 0.2) is 0 Å². The molecule has 1 aromatic carbocycles. The Hall–Kier alpha value is -0.610. The standard InChI is InChI=1S/C13H14Cl2N2S/c1-8(10-3-4-11(14)12(15)5-10)17-9(2)13-6-16-7-18-13/h3-9,17H,1-2H3. The van der Waals surface area contributed by atoms with E-state index < -0.39 is 0 Å². The van der Waals surface area contributed by atoms with E-state index >= 15 is 0 Å². The molecular weight excluding hydrogens is 287 g/mol. The Morgan fingerprint density at radius 1 is 1.17 bits per heavy atom. The topological polar surface area (TPSA) is 24.9 Å². The van der Waals surface area contributed by atoms with E-state index in [0.717, 1.165) is 5.56 Å². The number of benzene rings is 1. The first-order valence-electron chi connectivity index (χ1n) is 5.67. The van der Waals surface area contributed by atoms with Gasteiger partial charge in [0.05, 0.1) is 15.6 Å². The number of aromatic nitrogens is 1. The first-order chi connectivity index (χ1) is 8.58. The van der Waals surface area contributed by atoms with Gasteiger partial charge < -0.3 is 5.32 Å². The lowest BCUT2D eigenvalue weighted by Gasteiger charge is -2.19. The molecule has 1 heterocycles. The summed E-state index contributed by atoms with van der Waals surface area (Å²) in [5.41, 5.74) is 2.97. The van der Waals surface area contributed by atoms with Gasteiger partial charge in [-0.1, -0.05) is 29.3 Å². The Bertz CT molecular complexity index is 514. The van der Waals surface area contributed by atoms with Crippen molar-refractivity contribution in [1.82, 2.24) is 10.3 Å². The van der Waals surface area contributed by atoms with Crippen LogP contribution in [-0.4, -0.2) is 4.98 Å². The maximum Gasteiger partial charge on any atom is 0.0794 e. The molecule has 0 amide bonds. The molecule has 2 rings (SSSR count). The highest BCUT2D eigenvalue weighted by atomic mass is 35.5. The van der Waals surface area contributed by atoms with Crippen LogP contribution in [0.15, 0.2) is 29.9 Å². The monoisotopic (exact) mass is 300 g/mol. The molecule has 5 heteroatoms. The lowest BCUT2D eigenvalue weighted by atomic mass is 10.1. The van der Waals surface area contributed by atoms with Crippen molar-refractivity contribution in [1.29, 1.82) is 0 Å². The average molecular weight is 301 g/mol. The summed E-state index contributed by atoms with van der Waals surface area (Å²) in [5.74, 6) is 0. The van der Waals surface area contributed by atoms with Gasteiger partial charge >= 0.3 is 0 Å². The van der Waals surface area contributed by atoms with Crippen LogP contribution in [0.3, 0.4) is 0 Å². The lowest BCUT2D eigenvalue weighted by molar-refractivity contribution is 0.499.